The summed E-state index contributed by atoms with van der Waals surface area (Å²) in [6, 6.07) is 8.30. The molecular formula is C19H27N7O. The van der Waals surface area contributed by atoms with Crippen molar-refractivity contribution in [2.75, 3.05) is 23.3 Å². The Labute approximate surface area is 159 Å². The third-order valence-electron chi connectivity index (χ3n) is 5.45. The average Bonchev–Trinajstić information content (AvgIpc) is 3.19. The summed E-state index contributed by atoms with van der Waals surface area (Å²) in [6.45, 7) is 3.56. The number of benzene rings is 1. The largest absolute Gasteiger partial charge is 0.375 e. The van der Waals surface area contributed by atoms with Crippen LogP contribution in [0.15, 0.2) is 24.3 Å². The zero-order chi connectivity index (χ0) is 18.6. The molecule has 2 heterocycles. The van der Waals surface area contributed by atoms with Gasteiger partial charge in [0.2, 0.25) is 0 Å². The molecule has 2 fully saturated rings. The number of anilines is 2. The Morgan fingerprint density at radius 1 is 1.22 bits per heavy atom. The van der Waals surface area contributed by atoms with Crippen LogP contribution in [0.2, 0.25) is 0 Å². The minimum atomic E-state index is -0.0345. The van der Waals surface area contributed by atoms with Crippen LogP contribution in [0.4, 0.5) is 16.2 Å². The lowest BCUT2D eigenvalue weighted by molar-refractivity contribution is 0.243. The predicted octanol–water partition coefficient (Wildman–Crippen LogP) is 3.27. The van der Waals surface area contributed by atoms with Gasteiger partial charge in [0, 0.05) is 24.5 Å². The van der Waals surface area contributed by atoms with E-state index in [1.54, 1.807) is 4.90 Å². The van der Waals surface area contributed by atoms with Crippen molar-refractivity contribution in [3.63, 3.8) is 0 Å². The van der Waals surface area contributed by atoms with Gasteiger partial charge in [-0.1, -0.05) is 25.3 Å². The number of aromatic nitrogens is 4. The van der Waals surface area contributed by atoms with Gasteiger partial charge in [-0.05, 0) is 54.8 Å². The number of hydrogen-bond donors (Lipinski definition) is 2. The van der Waals surface area contributed by atoms with E-state index in [1.165, 1.54) is 19.3 Å². The number of tetrazole rings is 1. The maximum absolute atomic E-state index is 12.1. The van der Waals surface area contributed by atoms with Crippen LogP contribution in [-0.4, -0.2) is 39.3 Å². The molecule has 27 heavy (non-hydrogen) atoms. The predicted molar refractivity (Wildman–Crippen MR) is 104 cm³/mol. The summed E-state index contributed by atoms with van der Waals surface area (Å²) in [4.78, 5) is 13.9. The van der Waals surface area contributed by atoms with E-state index in [4.69, 9.17) is 0 Å². The molecule has 8 heteroatoms. The van der Waals surface area contributed by atoms with E-state index >= 15 is 0 Å². The van der Waals surface area contributed by atoms with Gasteiger partial charge < -0.3 is 10.6 Å². The first-order valence-corrected chi connectivity index (χ1v) is 9.92. The molecule has 2 aliphatic rings. The van der Waals surface area contributed by atoms with Gasteiger partial charge in [-0.3, -0.25) is 4.90 Å². The molecule has 144 valence electrons. The second-order valence-corrected chi connectivity index (χ2v) is 7.43. The van der Waals surface area contributed by atoms with Crippen LogP contribution in [0.5, 0.6) is 0 Å². The molecule has 0 bridgehead atoms. The number of nitrogens with zero attached hydrogens (tertiary/aromatic N) is 5. The fourth-order valence-electron chi connectivity index (χ4n) is 4.03. The molecule has 1 aromatic heterocycles. The topological polar surface area (TPSA) is 88.0 Å². The summed E-state index contributed by atoms with van der Waals surface area (Å²) >= 11 is 0. The number of hydrogen-bond acceptors (Lipinski definition) is 5. The quantitative estimate of drug-likeness (QED) is 0.844. The Hall–Kier alpha value is -2.64. The smallest absolute Gasteiger partial charge is 0.321 e. The molecule has 1 aromatic carbocycles. The first-order valence-electron chi connectivity index (χ1n) is 9.92. The van der Waals surface area contributed by atoms with Gasteiger partial charge in [0.05, 0.1) is 12.1 Å². The first kappa shape index (κ1) is 17.8. The minimum Gasteiger partial charge on any atom is -0.375 e. The highest BCUT2D eigenvalue weighted by molar-refractivity contribution is 5.93. The molecule has 2 aromatic rings. The molecule has 2 N–H and O–H groups in total. The van der Waals surface area contributed by atoms with E-state index in [1.807, 2.05) is 28.9 Å². The summed E-state index contributed by atoms with van der Waals surface area (Å²) in [7, 11) is 0. The van der Waals surface area contributed by atoms with Gasteiger partial charge in [0.25, 0.3) is 0 Å². The van der Waals surface area contributed by atoms with Gasteiger partial charge in [0.1, 0.15) is 0 Å². The van der Waals surface area contributed by atoms with Gasteiger partial charge in [-0.15, -0.1) is 5.10 Å². The fraction of sp³-hybridized carbons (Fsp3) is 0.579. The highest BCUT2D eigenvalue weighted by Gasteiger charge is 2.23. The molecule has 8 nitrogen and oxygen atoms in total. The normalized spacial score (nSPS) is 19.6. The standard InChI is InChI=1S/C19H27N7O/c1-14(18-22-23-24-26(18)16-8-3-2-4-9-16)21-15-7-5-10-17(13-15)25-12-6-11-20-19(25)27/h5,7,10,13-14,16,21H,2-4,6,8-9,11-12H2,1H3,(H,20,27). The zero-order valence-corrected chi connectivity index (χ0v) is 15.8. The van der Waals surface area contributed by atoms with E-state index in [0.29, 0.717) is 6.04 Å². The van der Waals surface area contributed by atoms with Crippen molar-refractivity contribution in [1.29, 1.82) is 0 Å². The minimum absolute atomic E-state index is 0.0210. The number of amides is 2. The lowest BCUT2D eigenvalue weighted by Gasteiger charge is -2.28. The molecular weight excluding hydrogens is 342 g/mol. The maximum Gasteiger partial charge on any atom is 0.321 e. The second-order valence-electron chi connectivity index (χ2n) is 7.43. The Balaban J connectivity index is 1.49. The summed E-state index contributed by atoms with van der Waals surface area (Å²) in [6.07, 6.45) is 7.03. The Kier molecular flexibility index (Phi) is 5.22. The molecule has 1 aliphatic heterocycles. The lowest BCUT2D eigenvalue weighted by Crippen LogP contribution is -2.46. The second kappa shape index (κ2) is 7.94. The lowest BCUT2D eigenvalue weighted by atomic mass is 9.95. The van der Waals surface area contributed by atoms with Crippen LogP contribution in [-0.2, 0) is 0 Å². The number of rotatable bonds is 5. The van der Waals surface area contributed by atoms with E-state index in [-0.39, 0.29) is 12.1 Å². The van der Waals surface area contributed by atoms with Crippen molar-refractivity contribution < 1.29 is 4.79 Å². The van der Waals surface area contributed by atoms with E-state index in [2.05, 4.69) is 33.1 Å². The maximum atomic E-state index is 12.1. The number of urea groups is 1. The van der Waals surface area contributed by atoms with Gasteiger partial charge in [-0.25, -0.2) is 9.48 Å². The molecule has 4 rings (SSSR count). The molecule has 1 saturated heterocycles. The third kappa shape index (κ3) is 3.89. The van der Waals surface area contributed by atoms with E-state index < -0.39 is 0 Å². The van der Waals surface area contributed by atoms with Crippen molar-refractivity contribution in [3.05, 3.63) is 30.1 Å². The molecule has 1 aliphatic carbocycles. The van der Waals surface area contributed by atoms with Gasteiger partial charge in [-0.2, -0.15) is 0 Å². The molecule has 2 amide bonds. The number of carbonyl (C=O) groups excluding carboxylic acids is 1. The summed E-state index contributed by atoms with van der Waals surface area (Å²) in [5, 5.41) is 18.8. The van der Waals surface area contributed by atoms with Crippen molar-refractivity contribution in [1.82, 2.24) is 25.5 Å². The zero-order valence-electron chi connectivity index (χ0n) is 15.8. The molecule has 0 spiro atoms. The number of nitrogens with one attached hydrogen (secondary N) is 2. The van der Waals surface area contributed by atoms with E-state index in [9.17, 15) is 4.79 Å². The van der Waals surface area contributed by atoms with Crippen LogP contribution >= 0.6 is 0 Å². The summed E-state index contributed by atoms with van der Waals surface area (Å²) < 4.78 is 2.00. The highest BCUT2D eigenvalue weighted by Crippen LogP contribution is 2.30. The highest BCUT2D eigenvalue weighted by atomic mass is 16.2. The van der Waals surface area contributed by atoms with Crippen LogP contribution in [0.25, 0.3) is 0 Å². The molecule has 0 radical (unpaired) electrons. The van der Waals surface area contributed by atoms with Gasteiger partial charge >= 0.3 is 6.03 Å². The van der Waals surface area contributed by atoms with Crippen molar-refractivity contribution in [3.8, 4) is 0 Å². The Bertz CT molecular complexity index is 784. The van der Waals surface area contributed by atoms with Crippen LogP contribution in [0.1, 0.15) is 63.4 Å². The molecule has 1 saturated carbocycles. The Morgan fingerprint density at radius 2 is 2.07 bits per heavy atom. The van der Waals surface area contributed by atoms with Crippen LogP contribution < -0.4 is 15.5 Å². The monoisotopic (exact) mass is 369 g/mol. The first-order chi connectivity index (χ1) is 13.2. The van der Waals surface area contributed by atoms with E-state index in [0.717, 1.165) is 49.6 Å². The Morgan fingerprint density at radius 3 is 2.89 bits per heavy atom. The van der Waals surface area contributed by atoms with Gasteiger partial charge in [0.15, 0.2) is 5.82 Å². The molecule has 1 unspecified atom stereocenters. The van der Waals surface area contributed by atoms with Crippen LogP contribution in [0.3, 0.4) is 0 Å². The number of carbonyl (C=O) groups is 1. The van der Waals surface area contributed by atoms with Crippen molar-refractivity contribution >= 4 is 17.4 Å². The average molecular weight is 369 g/mol. The van der Waals surface area contributed by atoms with Crippen molar-refractivity contribution in [2.24, 2.45) is 0 Å². The fourth-order valence-corrected chi connectivity index (χ4v) is 4.03. The summed E-state index contributed by atoms with van der Waals surface area (Å²) in [5.41, 5.74) is 1.85. The third-order valence-corrected chi connectivity index (χ3v) is 5.45. The molecule has 1 atom stereocenters. The summed E-state index contributed by atoms with van der Waals surface area (Å²) in [5.74, 6) is 0.864. The van der Waals surface area contributed by atoms with Crippen molar-refractivity contribution in [2.45, 2.75) is 57.5 Å². The SMILES string of the molecule is CC(Nc1cccc(N2CCCNC2=O)c1)c1nnnn1C1CCCCC1. The van der Waals surface area contributed by atoms with Crippen LogP contribution in [0, 0.1) is 0 Å².